The van der Waals surface area contributed by atoms with Crippen LogP contribution < -0.4 is 0 Å². The predicted molar refractivity (Wildman–Crippen MR) is 20.5 cm³/mol. The molecule has 0 unspecified atom stereocenters. The molecule has 1 aliphatic heterocycles. The first kappa shape index (κ1) is 5.04. The smallest absolute Gasteiger partial charge is 0.366 e. The van der Waals surface area contributed by atoms with E-state index >= 15 is 0 Å². The zero-order valence-electron chi connectivity index (χ0n) is 3.74. The molecule has 0 saturated heterocycles. The summed E-state index contributed by atoms with van der Waals surface area (Å²) in [6.07, 6.45) is 0. The van der Waals surface area contributed by atoms with E-state index in [1.807, 2.05) is 0 Å². The number of aliphatic hydroxyl groups excluding tert-OH is 3. The van der Waals surface area contributed by atoms with Crippen LogP contribution in [0.25, 0.3) is 0 Å². The van der Waals surface area contributed by atoms with Crippen LogP contribution in [0.4, 0.5) is 0 Å². The molecule has 0 aromatic heterocycles. The van der Waals surface area contributed by atoms with Crippen molar-refractivity contribution in [2.75, 3.05) is 0 Å². The highest BCUT2D eigenvalue weighted by atomic mass is 16.9. The van der Waals surface area contributed by atoms with E-state index in [4.69, 9.17) is 15.3 Å². The molecule has 1 rings (SSSR count). The Kier molecular flexibility index (Phi) is 0.911. The van der Waals surface area contributed by atoms with Crippen LogP contribution in [-0.2, 0) is 9.47 Å². The van der Waals surface area contributed by atoms with E-state index in [1.165, 1.54) is 0 Å². The molecule has 0 fully saturated rings. The van der Waals surface area contributed by atoms with Crippen molar-refractivity contribution in [1.29, 1.82) is 0 Å². The summed E-state index contributed by atoms with van der Waals surface area (Å²) in [4.78, 5) is 0. The second-order valence-electron chi connectivity index (χ2n) is 1.15. The zero-order valence-corrected chi connectivity index (χ0v) is 3.74. The maximum atomic E-state index is 8.29. The molecule has 5 heteroatoms. The standard InChI is InChI=1S/C3H4O5/c4-1-2(5)8-3(6)7-1/h3-6H. The van der Waals surface area contributed by atoms with Crippen LogP contribution in [0.5, 0.6) is 0 Å². The molecule has 0 spiro atoms. The van der Waals surface area contributed by atoms with Crippen LogP contribution >= 0.6 is 0 Å². The Morgan fingerprint density at radius 3 is 1.62 bits per heavy atom. The fourth-order valence-corrected chi connectivity index (χ4v) is 0.316. The highest BCUT2D eigenvalue weighted by molar-refractivity contribution is 4.84. The van der Waals surface area contributed by atoms with Crippen molar-refractivity contribution < 1.29 is 24.8 Å². The van der Waals surface area contributed by atoms with Crippen molar-refractivity contribution in [3.05, 3.63) is 11.9 Å². The van der Waals surface area contributed by atoms with E-state index in [1.54, 1.807) is 0 Å². The second kappa shape index (κ2) is 1.45. The van der Waals surface area contributed by atoms with Gasteiger partial charge in [0.25, 0.3) is 0 Å². The minimum atomic E-state index is -1.57. The highest BCUT2D eigenvalue weighted by Crippen LogP contribution is 2.14. The third-order valence-corrected chi connectivity index (χ3v) is 0.608. The fourth-order valence-electron chi connectivity index (χ4n) is 0.316. The van der Waals surface area contributed by atoms with Crippen LogP contribution in [0.1, 0.15) is 0 Å². The predicted octanol–water partition coefficient (Wildman–Crippen LogP) is -0.448. The van der Waals surface area contributed by atoms with Gasteiger partial charge in [0.1, 0.15) is 0 Å². The maximum absolute atomic E-state index is 8.29. The molecule has 0 radical (unpaired) electrons. The first-order valence-electron chi connectivity index (χ1n) is 1.84. The molecule has 5 nitrogen and oxygen atoms in total. The topological polar surface area (TPSA) is 79.2 Å². The van der Waals surface area contributed by atoms with Gasteiger partial charge in [-0.05, 0) is 0 Å². The van der Waals surface area contributed by atoms with Crippen LogP contribution in [0, 0.1) is 0 Å². The fraction of sp³-hybridized carbons (Fsp3) is 0.333. The monoisotopic (exact) mass is 120 g/mol. The number of aliphatic hydroxyl groups is 3. The summed E-state index contributed by atoms with van der Waals surface area (Å²) in [6.45, 7) is -1.57. The summed E-state index contributed by atoms with van der Waals surface area (Å²) in [5.74, 6) is -1.59. The molecule has 0 aromatic carbocycles. The molecule has 0 aliphatic carbocycles. The Bertz CT molecular complexity index is 114. The molecule has 1 heterocycles. The van der Waals surface area contributed by atoms with Crippen molar-refractivity contribution in [3.8, 4) is 0 Å². The third kappa shape index (κ3) is 0.627. The number of rotatable bonds is 0. The highest BCUT2D eigenvalue weighted by Gasteiger charge is 2.23. The molecule has 0 saturated carbocycles. The zero-order chi connectivity index (χ0) is 6.15. The third-order valence-electron chi connectivity index (χ3n) is 0.608. The average molecular weight is 120 g/mol. The molecule has 1 aliphatic rings. The molecule has 3 N–H and O–H groups in total. The Hall–Kier alpha value is -1.10. The average Bonchev–Trinajstić information content (AvgIpc) is 1.85. The van der Waals surface area contributed by atoms with E-state index in [2.05, 4.69) is 9.47 Å². The Morgan fingerprint density at radius 1 is 1.12 bits per heavy atom. The Balaban J connectivity index is 2.60. The lowest BCUT2D eigenvalue weighted by molar-refractivity contribution is -0.212. The van der Waals surface area contributed by atoms with E-state index in [9.17, 15) is 0 Å². The van der Waals surface area contributed by atoms with Gasteiger partial charge in [-0.15, -0.1) is 0 Å². The van der Waals surface area contributed by atoms with Gasteiger partial charge in [0, 0.05) is 0 Å². The lowest BCUT2D eigenvalue weighted by Crippen LogP contribution is -2.05. The van der Waals surface area contributed by atoms with Crippen LogP contribution in [0.2, 0.25) is 0 Å². The van der Waals surface area contributed by atoms with Gasteiger partial charge >= 0.3 is 18.4 Å². The van der Waals surface area contributed by atoms with Crippen molar-refractivity contribution in [1.82, 2.24) is 0 Å². The number of hydrogen-bond donors (Lipinski definition) is 3. The summed E-state index contributed by atoms with van der Waals surface area (Å²) < 4.78 is 7.98. The normalized spacial score (nSPS) is 20.6. The molecule has 0 atom stereocenters. The van der Waals surface area contributed by atoms with Gasteiger partial charge < -0.3 is 24.8 Å². The van der Waals surface area contributed by atoms with Gasteiger partial charge in [0.15, 0.2) is 0 Å². The van der Waals surface area contributed by atoms with Crippen molar-refractivity contribution >= 4 is 0 Å². The first-order chi connectivity index (χ1) is 3.70. The Morgan fingerprint density at radius 2 is 1.50 bits per heavy atom. The lowest BCUT2D eigenvalue weighted by atomic mass is 10.9. The van der Waals surface area contributed by atoms with Gasteiger partial charge in [-0.25, -0.2) is 0 Å². The minimum Gasteiger partial charge on any atom is -0.476 e. The Labute approximate surface area is 44.4 Å². The van der Waals surface area contributed by atoms with Crippen molar-refractivity contribution in [2.24, 2.45) is 0 Å². The van der Waals surface area contributed by atoms with Crippen molar-refractivity contribution in [2.45, 2.75) is 6.48 Å². The van der Waals surface area contributed by atoms with E-state index < -0.39 is 18.4 Å². The van der Waals surface area contributed by atoms with Gasteiger partial charge in [0.2, 0.25) is 0 Å². The summed E-state index contributed by atoms with van der Waals surface area (Å²) in [5.41, 5.74) is 0. The molecular weight excluding hydrogens is 116 g/mol. The minimum absolute atomic E-state index is 0.794. The van der Waals surface area contributed by atoms with Crippen LogP contribution in [0.15, 0.2) is 11.9 Å². The van der Waals surface area contributed by atoms with Gasteiger partial charge in [-0.1, -0.05) is 0 Å². The van der Waals surface area contributed by atoms with E-state index in [-0.39, 0.29) is 0 Å². The number of ether oxygens (including phenoxy) is 2. The van der Waals surface area contributed by atoms with Gasteiger partial charge in [-0.3, -0.25) is 0 Å². The summed E-state index contributed by atoms with van der Waals surface area (Å²) in [7, 11) is 0. The summed E-state index contributed by atoms with van der Waals surface area (Å²) in [6, 6.07) is 0. The second-order valence-corrected chi connectivity index (χ2v) is 1.15. The SMILES string of the molecule is OC1=C(O)OC(O)O1. The molecule has 8 heavy (non-hydrogen) atoms. The largest absolute Gasteiger partial charge is 0.476 e. The molecule has 46 valence electrons. The van der Waals surface area contributed by atoms with Crippen LogP contribution in [-0.4, -0.2) is 21.8 Å². The van der Waals surface area contributed by atoms with Crippen molar-refractivity contribution in [3.63, 3.8) is 0 Å². The van der Waals surface area contributed by atoms with E-state index in [0.717, 1.165) is 0 Å². The molecule has 0 aromatic rings. The molecule has 0 bridgehead atoms. The maximum Gasteiger partial charge on any atom is 0.366 e. The van der Waals surface area contributed by atoms with Gasteiger partial charge in [0.05, 0.1) is 0 Å². The number of hydrogen-bond acceptors (Lipinski definition) is 5. The van der Waals surface area contributed by atoms with E-state index in [0.29, 0.717) is 0 Å². The van der Waals surface area contributed by atoms with Crippen LogP contribution in [0.3, 0.4) is 0 Å². The lowest BCUT2D eigenvalue weighted by Gasteiger charge is -1.97. The summed E-state index contributed by atoms with van der Waals surface area (Å²) >= 11 is 0. The summed E-state index contributed by atoms with van der Waals surface area (Å²) in [5, 5.41) is 24.8. The molecule has 0 amide bonds. The molecular formula is C3H4O5. The van der Waals surface area contributed by atoms with Gasteiger partial charge in [-0.2, -0.15) is 0 Å². The first-order valence-corrected chi connectivity index (χ1v) is 1.84. The quantitative estimate of drug-likeness (QED) is 0.403.